The third-order valence-corrected chi connectivity index (χ3v) is 6.92. The average Bonchev–Trinajstić information content (AvgIpc) is 2.87. The molecular weight excluding hydrogens is 550 g/mol. The Balaban J connectivity index is 2.10. The Morgan fingerprint density at radius 2 is 1.71 bits per heavy atom. The van der Waals surface area contributed by atoms with Crippen LogP contribution in [0.1, 0.15) is 60.9 Å². The van der Waals surface area contributed by atoms with E-state index < -0.39 is 30.0 Å². The number of aromatic nitrogens is 1. The van der Waals surface area contributed by atoms with Crippen LogP contribution in [-0.4, -0.2) is 48.7 Å². The van der Waals surface area contributed by atoms with Gasteiger partial charge in [-0.15, -0.1) is 5.10 Å². The van der Waals surface area contributed by atoms with Crippen molar-refractivity contribution in [3.8, 4) is 0 Å². The van der Waals surface area contributed by atoms with Gasteiger partial charge in [-0.1, -0.05) is 6.42 Å². The van der Waals surface area contributed by atoms with Crippen LogP contribution in [0.5, 0.6) is 0 Å². The van der Waals surface area contributed by atoms with E-state index in [0.717, 1.165) is 32.0 Å². The summed E-state index contributed by atoms with van der Waals surface area (Å²) in [4.78, 5) is 8.30. The van der Waals surface area contributed by atoms with Gasteiger partial charge in [-0.25, -0.2) is 4.98 Å². The molecule has 0 unspecified atom stereocenters. The molecule has 0 atom stereocenters. The number of hydrogen-bond donors (Lipinski definition) is 4. The van der Waals surface area contributed by atoms with Gasteiger partial charge < -0.3 is 31.7 Å². The smallest absolute Gasteiger partial charge is 0.370 e. The normalized spacial score (nSPS) is 14.4. The van der Waals surface area contributed by atoms with E-state index in [-0.39, 0.29) is 24.1 Å². The van der Waals surface area contributed by atoms with Crippen LogP contribution in [-0.2, 0) is 25.4 Å². The largest absolute Gasteiger partial charge is 0.416 e. The Hall–Kier alpha value is -3.71. The molecule has 0 bridgehead atoms. The number of hydrazone groups is 1. The summed E-state index contributed by atoms with van der Waals surface area (Å²) in [7, 11) is 1.47. The van der Waals surface area contributed by atoms with Gasteiger partial charge in [0.05, 0.1) is 11.1 Å². The maximum absolute atomic E-state index is 13.5. The number of anilines is 2. The lowest BCUT2D eigenvalue weighted by atomic mass is 9.85. The third kappa shape index (κ3) is 8.17. The highest BCUT2D eigenvalue weighted by atomic mass is 19.4. The first-order valence-corrected chi connectivity index (χ1v) is 13.4. The van der Waals surface area contributed by atoms with Crippen LogP contribution < -0.4 is 21.4 Å². The van der Waals surface area contributed by atoms with E-state index in [1.165, 1.54) is 11.9 Å². The highest BCUT2D eigenvalue weighted by molar-refractivity contribution is 5.86. The van der Waals surface area contributed by atoms with E-state index in [4.69, 9.17) is 16.1 Å². The number of hydrogen-bond acceptors (Lipinski definition) is 6. The Labute approximate surface area is 235 Å². The number of nitrogens with two attached hydrogens (primary N) is 1. The fraction of sp³-hybridized carbons (Fsp3) is 0.519. The molecule has 14 heteroatoms. The number of rotatable bonds is 12. The summed E-state index contributed by atoms with van der Waals surface area (Å²) in [5.74, 6) is 1.46. The maximum Gasteiger partial charge on any atom is 0.416 e. The zero-order valence-corrected chi connectivity index (χ0v) is 23.3. The topological polar surface area (TPSA) is 106 Å². The Morgan fingerprint density at radius 1 is 1.07 bits per heavy atom. The lowest BCUT2D eigenvalue weighted by Crippen LogP contribution is -2.39. The minimum atomic E-state index is -4.98. The molecule has 0 radical (unpaired) electrons. The maximum atomic E-state index is 13.5. The van der Waals surface area contributed by atoms with Crippen molar-refractivity contribution >= 4 is 23.8 Å². The molecule has 1 aliphatic carbocycles. The van der Waals surface area contributed by atoms with Gasteiger partial charge in [-0.3, -0.25) is 0 Å². The van der Waals surface area contributed by atoms with E-state index in [9.17, 15) is 26.3 Å². The Morgan fingerprint density at radius 3 is 2.17 bits per heavy atom. The zero-order valence-electron chi connectivity index (χ0n) is 23.3. The average molecular weight is 587 g/mol. The lowest BCUT2D eigenvalue weighted by Gasteiger charge is -2.34. The van der Waals surface area contributed by atoms with E-state index in [1.807, 2.05) is 13.8 Å². The molecule has 3 rings (SSSR count). The lowest BCUT2D eigenvalue weighted by molar-refractivity contribution is -0.143. The molecule has 41 heavy (non-hydrogen) atoms. The van der Waals surface area contributed by atoms with Crippen molar-refractivity contribution < 1.29 is 26.3 Å². The summed E-state index contributed by atoms with van der Waals surface area (Å²) < 4.78 is 81.1. The predicted molar refractivity (Wildman–Crippen MR) is 148 cm³/mol. The van der Waals surface area contributed by atoms with E-state index in [1.54, 1.807) is 6.07 Å². The van der Waals surface area contributed by atoms with Gasteiger partial charge in [0.15, 0.2) is 0 Å². The summed E-state index contributed by atoms with van der Waals surface area (Å²) in [5, 5.41) is 15.0. The molecule has 5 N–H and O–H groups in total. The van der Waals surface area contributed by atoms with Crippen molar-refractivity contribution in [2.24, 2.45) is 16.8 Å². The Bertz CT molecular complexity index is 1190. The fourth-order valence-corrected chi connectivity index (χ4v) is 4.66. The molecule has 1 aromatic heterocycles. The standard InChI is InChI=1S/C27H36F6N8/c1-4-37-23-19(13-34)11-20(24(38-23)40(5-2)14-17-7-6-8-17)16-41(25(35)39-36-3)15-18-9-21(26(28,29)30)12-22(10-18)27(31,32)33/h9-13,17,34,36H,4-8,14-16H2,1-3H3,(H2,35,39)(H,37,38). The van der Waals surface area contributed by atoms with Crippen molar-refractivity contribution in [3.05, 3.63) is 52.1 Å². The van der Waals surface area contributed by atoms with Gasteiger partial charge in [-0.2, -0.15) is 26.3 Å². The first-order chi connectivity index (χ1) is 19.3. The summed E-state index contributed by atoms with van der Waals surface area (Å²) in [6.07, 6.45) is -5.48. The van der Waals surface area contributed by atoms with Crippen LogP contribution in [0.3, 0.4) is 0 Å². The van der Waals surface area contributed by atoms with Crippen molar-refractivity contribution in [2.75, 3.05) is 36.9 Å². The number of nitrogens with one attached hydrogen (secondary N) is 3. The number of nitrogens with zero attached hydrogens (tertiary/aromatic N) is 4. The number of halogens is 6. The van der Waals surface area contributed by atoms with Crippen molar-refractivity contribution in [3.63, 3.8) is 0 Å². The second-order valence-corrected chi connectivity index (χ2v) is 9.88. The molecule has 1 fully saturated rings. The minimum absolute atomic E-state index is 0.0364. The fourth-order valence-electron chi connectivity index (χ4n) is 4.66. The van der Waals surface area contributed by atoms with E-state index in [2.05, 4.69) is 20.7 Å². The molecule has 1 saturated carbocycles. The van der Waals surface area contributed by atoms with Gasteiger partial charge in [-0.05, 0) is 62.4 Å². The zero-order chi connectivity index (χ0) is 30.4. The SMILES string of the molecule is CCNc1nc(N(CC)CC2CCC2)c(CN(Cc2cc(C(F)(F)F)cc(C(F)(F)F)c2)/C(N)=N/NC)cc1C=N. The highest BCUT2D eigenvalue weighted by Gasteiger charge is 2.37. The van der Waals surface area contributed by atoms with Crippen molar-refractivity contribution in [2.45, 2.75) is 58.6 Å². The predicted octanol–water partition coefficient (Wildman–Crippen LogP) is 5.63. The highest BCUT2D eigenvalue weighted by Crippen LogP contribution is 2.37. The molecule has 0 saturated heterocycles. The molecule has 2 aromatic rings. The molecular formula is C27H36F6N8. The summed E-state index contributed by atoms with van der Waals surface area (Å²) in [6.45, 7) is 5.38. The van der Waals surface area contributed by atoms with Crippen LogP contribution in [0, 0.1) is 11.3 Å². The van der Waals surface area contributed by atoms with Crippen LogP contribution in [0.2, 0.25) is 0 Å². The minimum Gasteiger partial charge on any atom is -0.370 e. The first-order valence-electron chi connectivity index (χ1n) is 13.4. The van der Waals surface area contributed by atoms with Gasteiger partial charge >= 0.3 is 12.4 Å². The quantitative estimate of drug-likeness (QED) is 0.111. The molecule has 1 aromatic carbocycles. The molecule has 0 spiro atoms. The van der Waals surface area contributed by atoms with Crippen LogP contribution in [0.4, 0.5) is 38.0 Å². The molecule has 0 amide bonds. The summed E-state index contributed by atoms with van der Waals surface area (Å²) in [5.41, 5.74) is 6.71. The van der Waals surface area contributed by atoms with E-state index >= 15 is 0 Å². The number of alkyl halides is 6. The Kier molecular flexibility index (Phi) is 10.3. The molecule has 1 heterocycles. The van der Waals surface area contributed by atoms with Crippen LogP contribution >= 0.6 is 0 Å². The van der Waals surface area contributed by atoms with Crippen LogP contribution in [0.25, 0.3) is 0 Å². The van der Waals surface area contributed by atoms with Gasteiger partial charge in [0.2, 0.25) is 5.96 Å². The molecule has 0 aliphatic heterocycles. The summed E-state index contributed by atoms with van der Waals surface area (Å²) in [6, 6.07) is 3.19. The third-order valence-electron chi connectivity index (χ3n) is 6.92. The molecule has 226 valence electrons. The van der Waals surface area contributed by atoms with Crippen molar-refractivity contribution in [1.29, 1.82) is 5.41 Å². The number of guanidine groups is 1. The first kappa shape index (κ1) is 31.8. The summed E-state index contributed by atoms with van der Waals surface area (Å²) >= 11 is 0. The second kappa shape index (κ2) is 13.3. The number of pyridine rings is 1. The second-order valence-electron chi connectivity index (χ2n) is 9.88. The monoisotopic (exact) mass is 586 g/mol. The molecule has 8 nitrogen and oxygen atoms in total. The molecule has 1 aliphatic rings. The number of benzene rings is 1. The van der Waals surface area contributed by atoms with Gasteiger partial charge in [0, 0.05) is 57.1 Å². The van der Waals surface area contributed by atoms with Crippen molar-refractivity contribution in [1.82, 2.24) is 15.3 Å². The van der Waals surface area contributed by atoms with Gasteiger partial charge in [0.1, 0.15) is 11.6 Å². The van der Waals surface area contributed by atoms with Gasteiger partial charge in [0.25, 0.3) is 0 Å². The van der Waals surface area contributed by atoms with E-state index in [0.29, 0.717) is 53.9 Å². The van der Waals surface area contributed by atoms with Crippen LogP contribution in [0.15, 0.2) is 29.4 Å².